The molecular weight excluding hydrogens is 367 g/mol. The number of ether oxygens (including phenoxy) is 1. The molecule has 0 aliphatic heterocycles. The van der Waals surface area contributed by atoms with E-state index in [1.54, 1.807) is 0 Å². The van der Waals surface area contributed by atoms with E-state index in [4.69, 9.17) is 4.74 Å². The topological polar surface area (TPSA) is 9.23 Å². The molecule has 15 heavy (non-hydrogen) atoms. The first-order chi connectivity index (χ1) is 7.26. The molecule has 0 heterocycles. The van der Waals surface area contributed by atoms with E-state index in [-0.39, 0.29) is 0 Å². The Labute approximate surface area is 114 Å². The molecule has 0 aliphatic carbocycles. The minimum absolute atomic E-state index is 0.618. The van der Waals surface area contributed by atoms with Crippen LogP contribution < -0.4 is 4.74 Å². The molecule has 0 radical (unpaired) electrons. The Morgan fingerprint density at radius 1 is 1.47 bits per heavy atom. The van der Waals surface area contributed by atoms with Gasteiger partial charge >= 0.3 is 0 Å². The van der Waals surface area contributed by atoms with Crippen LogP contribution in [0.1, 0.15) is 19.8 Å². The highest BCUT2D eigenvalue weighted by Crippen LogP contribution is 2.17. The highest BCUT2D eigenvalue weighted by Gasteiger charge is 2.06. The minimum atomic E-state index is 0.618. The maximum absolute atomic E-state index is 5.76. The molecule has 0 aliphatic rings. The normalized spacial score (nSPS) is 12.5. The molecule has 1 aromatic carbocycles. The van der Waals surface area contributed by atoms with Crippen LogP contribution in [0.5, 0.6) is 5.75 Å². The maximum Gasteiger partial charge on any atom is 0.120 e. The fourth-order valence-corrected chi connectivity index (χ4v) is 2.41. The number of hydrogen-bond acceptors (Lipinski definition) is 1. The van der Waals surface area contributed by atoms with Gasteiger partial charge in [0.2, 0.25) is 0 Å². The van der Waals surface area contributed by atoms with Gasteiger partial charge in [-0.2, -0.15) is 0 Å². The number of alkyl halides is 1. The highest BCUT2D eigenvalue weighted by molar-refractivity contribution is 14.1. The van der Waals surface area contributed by atoms with Crippen LogP contribution in [0.25, 0.3) is 0 Å². The third kappa shape index (κ3) is 5.20. The highest BCUT2D eigenvalue weighted by atomic mass is 127. The van der Waals surface area contributed by atoms with E-state index in [1.807, 2.05) is 12.1 Å². The maximum atomic E-state index is 5.76. The zero-order chi connectivity index (χ0) is 11.1. The first-order valence-corrected chi connectivity index (χ1v) is 7.40. The first kappa shape index (κ1) is 13.3. The van der Waals surface area contributed by atoms with E-state index in [0.29, 0.717) is 5.92 Å². The Bertz CT molecular complexity index is 291. The van der Waals surface area contributed by atoms with Crippen LogP contribution >= 0.6 is 38.5 Å². The van der Waals surface area contributed by atoms with Gasteiger partial charge in [-0.1, -0.05) is 35.3 Å². The molecule has 0 fully saturated rings. The van der Waals surface area contributed by atoms with Gasteiger partial charge in [0.05, 0.1) is 6.61 Å². The monoisotopic (exact) mass is 382 g/mol. The largest absolute Gasteiger partial charge is 0.493 e. The van der Waals surface area contributed by atoms with Gasteiger partial charge < -0.3 is 4.74 Å². The van der Waals surface area contributed by atoms with Crippen molar-refractivity contribution in [3.05, 3.63) is 27.8 Å². The average molecular weight is 383 g/mol. The molecule has 0 spiro atoms. The Morgan fingerprint density at radius 2 is 2.27 bits per heavy atom. The number of benzene rings is 1. The number of halogens is 2. The van der Waals surface area contributed by atoms with E-state index in [1.165, 1.54) is 16.4 Å². The summed E-state index contributed by atoms with van der Waals surface area (Å²) < 4.78 is 6.98. The summed E-state index contributed by atoms with van der Waals surface area (Å²) in [6.45, 7) is 3.01. The van der Waals surface area contributed by atoms with Gasteiger partial charge in [-0.05, 0) is 47.2 Å². The Balaban J connectivity index is 2.41. The van der Waals surface area contributed by atoms with Crippen LogP contribution in [0.2, 0.25) is 0 Å². The quantitative estimate of drug-likeness (QED) is 0.520. The Morgan fingerprint density at radius 3 is 2.87 bits per heavy atom. The van der Waals surface area contributed by atoms with Crippen molar-refractivity contribution in [2.24, 2.45) is 5.92 Å². The lowest BCUT2D eigenvalue weighted by molar-refractivity contribution is 0.255. The molecular formula is C12H16BrIO. The molecule has 0 aromatic heterocycles. The van der Waals surface area contributed by atoms with Crippen molar-refractivity contribution in [3.63, 3.8) is 0 Å². The van der Waals surface area contributed by atoms with Gasteiger partial charge in [0, 0.05) is 14.8 Å². The molecule has 84 valence electrons. The summed E-state index contributed by atoms with van der Waals surface area (Å²) in [5.41, 5.74) is 0. The number of rotatable bonds is 6. The molecule has 1 nitrogen and oxygen atoms in total. The van der Waals surface area contributed by atoms with Gasteiger partial charge in [-0.25, -0.2) is 0 Å². The van der Waals surface area contributed by atoms with E-state index in [9.17, 15) is 0 Å². The molecule has 3 heteroatoms. The SMILES string of the molecule is CCCC(CBr)COc1cccc(I)c1. The van der Waals surface area contributed by atoms with Crippen molar-refractivity contribution in [1.29, 1.82) is 0 Å². The third-order valence-electron chi connectivity index (χ3n) is 2.20. The molecule has 1 atom stereocenters. The summed E-state index contributed by atoms with van der Waals surface area (Å²) in [7, 11) is 0. The molecule has 0 saturated heterocycles. The van der Waals surface area contributed by atoms with Crippen LogP contribution in [-0.2, 0) is 0 Å². The van der Waals surface area contributed by atoms with Crippen molar-refractivity contribution in [2.45, 2.75) is 19.8 Å². The van der Waals surface area contributed by atoms with Crippen LogP contribution in [0.15, 0.2) is 24.3 Å². The minimum Gasteiger partial charge on any atom is -0.493 e. The lowest BCUT2D eigenvalue weighted by Gasteiger charge is -2.14. The Hall–Kier alpha value is 0.230. The Kier molecular flexibility index (Phi) is 6.64. The van der Waals surface area contributed by atoms with Crippen molar-refractivity contribution >= 4 is 38.5 Å². The smallest absolute Gasteiger partial charge is 0.120 e. The fraction of sp³-hybridized carbons (Fsp3) is 0.500. The second-order valence-electron chi connectivity index (χ2n) is 3.58. The third-order valence-corrected chi connectivity index (χ3v) is 3.78. The zero-order valence-electron chi connectivity index (χ0n) is 8.88. The summed E-state index contributed by atoms with van der Waals surface area (Å²) in [5, 5.41) is 1.02. The van der Waals surface area contributed by atoms with E-state index >= 15 is 0 Å². The van der Waals surface area contributed by atoms with Crippen molar-refractivity contribution in [3.8, 4) is 5.75 Å². The van der Waals surface area contributed by atoms with Gasteiger partial charge in [0.1, 0.15) is 5.75 Å². The predicted octanol–water partition coefficient (Wildman–Crippen LogP) is 4.48. The van der Waals surface area contributed by atoms with Crippen molar-refractivity contribution in [2.75, 3.05) is 11.9 Å². The van der Waals surface area contributed by atoms with E-state index in [2.05, 4.69) is 57.6 Å². The molecule has 0 bridgehead atoms. The van der Waals surface area contributed by atoms with E-state index < -0.39 is 0 Å². The van der Waals surface area contributed by atoms with Gasteiger partial charge in [0.15, 0.2) is 0 Å². The van der Waals surface area contributed by atoms with E-state index in [0.717, 1.165) is 17.7 Å². The lowest BCUT2D eigenvalue weighted by atomic mass is 10.1. The molecule has 1 unspecified atom stereocenters. The molecule has 0 amide bonds. The summed E-state index contributed by atoms with van der Waals surface area (Å²) in [4.78, 5) is 0. The molecule has 0 saturated carbocycles. The second kappa shape index (κ2) is 7.49. The lowest BCUT2D eigenvalue weighted by Crippen LogP contribution is -2.13. The summed E-state index contributed by atoms with van der Waals surface area (Å²) in [6.07, 6.45) is 2.43. The second-order valence-corrected chi connectivity index (χ2v) is 5.47. The van der Waals surface area contributed by atoms with Crippen LogP contribution in [0, 0.1) is 9.49 Å². The van der Waals surface area contributed by atoms with Crippen molar-refractivity contribution in [1.82, 2.24) is 0 Å². The molecule has 0 N–H and O–H groups in total. The van der Waals surface area contributed by atoms with Crippen molar-refractivity contribution < 1.29 is 4.74 Å². The summed E-state index contributed by atoms with van der Waals surface area (Å²) in [5.74, 6) is 1.59. The van der Waals surface area contributed by atoms with Crippen LogP contribution in [0.4, 0.5) is 0 Å². The predicted molar refractivity (Wildman–Crippen MR) is 76.8 cm³/mol. The fourth-order valence-electron chi connectivity index (χ4n) is 1.38. The first-order valence-electron chi connectivity index (χ1n) is 5.20. The average Bonchev–Trinajstić information content (AvgIpc) is 2.24. The van der Waals surface area contributed by atoms with Gasteiger partial charge in [0.25, 0.3) is 0 Å². The summed E-state index contributed by atoms with van der Waals surface area (Å²) in [6, 6.07) is 8.18. The van der Waals surface area contributed by atoms with Gasteiger partial charge in [-0.15, -0.1) is 0 Å². The standard InChI is InChI=1S/C12H16BrIO/c1-2-4-10(8-13)9-15-12-6-3-5-11(14)7-12/h3,5-7,10H,2,4,8-9H2,1H3. The summed E-state index contributed by atoms with van der Waals surface area (Å²) >= 11 is 5.82. The van der Waals surface area contributed by atoms with Gasteiger partial charge in [-0.3, -0.25) is 0 Å². The van der Waals surface area contributed by atoms with Crippen LogP contribution in [-0.4, -0.2) is 11.9 Å². The number of hydrogen-bond donors (Lipinski definition) is 0. The van der Waals surface area contributed by atoms with Crippen LogP contribution in [0.3, 0.4) is 0 Å². The molecule has 1 aromatic rings. The zero-order valence-corrected chi connectivity index (χ0v) is 12.6. The molecule has 1 rings (SSSR count).